The minimum absolute atomic E-state index is 0.228. The van der Waals surface area contributed by atoms with Crippen LogP contribution < -0.4 is 5.32 Å². The molecule has 1 aliphatic rings. The van der Waals surface area contributed by atoms with Crippen LogP contribution in [0, 0.1) is 11.3 Å². The van der Waals surface area contributed by atoms with Crippen LogP contribution in [0.5, 0.6) is 0 Å². The molecular formula is C44H30N4. The Morgan fingerprint density at radius 3 is 1.83 bits per heavy atom. The zero-order valence-corrected chi connectivity index (χ0v) is 26.1. The van der Waals surface area contributed by atoms with Crippen LogP contribution in [0.15, 0.2) is 180 Å². The highest BCUT2D eigenvalue weighted by Gasteiger charge is 2.20. The van der Waals surface area contributed by atoms with Crippen LogP contribution >= 0.6 is 0 Å². The number of amidine groups is 2. The van der Waals surface area contributed by atoms with Crippen molar-refractivity contribution in [3.8, 4) is 39.4 Å². The summed E-state index contributed by atoms with van der Waals surface area (Å²) in [5, 5.41) is 15.2. The van der Waals surface area contributed by atoms with Crippen molar-refractivity contribution in [2.45, 2.75) is 6.17 Å². The SMILES string of the molecule is N#Cc1cccc(-c2ccc(-c3cccc4cc(-c5ccc(C6=NC(c7ccccc7)NC(c7ccccc7)=N6)cc5)ccc34)cc2)c1. The molecular weight excluding hydrogens is 585 g/mol. The molecule has 4 nitrogen and oxygen atoms in total. The molecule has 1 N–H and O–H groups in total. The van der Waals surface area contributed by atoms with Crippen LogP contribution in [0.1, 0.15) is 28.4 Å². The molecule has 0 aliphatic carbocycles. The van der Waals surface area contributed by atoms with Crippen LogP contribution in [0.2, 0.25) is 0 Å². The van der Waals surface area contributed by atoms with Crippen LogP contribution in [0.4, 0.5) is 0 Å². The molecule has 0 saturated carbocycles. The molecule has 0 spiro atoms. The van der Waals surface area contributed by atoms with E-state index in [-0.39, 0.29) is 6.17 Å². The van der Waals surface area contributed by atoms with Crippen molar-refractivity contribution in [1.29, 1.82) is 5.26 Å². The minimum atomic E-state index is -0.228. The fourth-order valence-electron chi connectivity index (χ4n) is 6.26. The van der Waals surface area contributed by atoms with E-state index in [1.807, 2.05) is 60.7 Å². The highest BCUT2D eigenvalue weighted by atomic mass is 15.2. The van der Waals surface area contributed by atoms with Crippen molar-refractivity contribution in [2.24, 2.45) is 9.98 Å². The van der Waals surface area contributed by atoms with E-state index in [1.54, 1.807) is 0 Å². The quantitative estimate of drug-likeness (QED) is 0.203. The molecule has 0 amide bonds. The molecule has 0 aromatic heterocycles. The van der Waals surface area contributed by atoms with Crippen LogP contribution in [-0.2, 0) is 0 Å². The van der Waals surface area contributed by atoms with E-state index in [0.29, 0.717) is 11.4 Å². The van der Waals surface area contributed by atoms with Crippen molar-refractivity contribution in [1.82, 2.24) is 5.32 Å². The summed E-state index contributed by atoms with van der Waals surface area (Å²) in [6, 6.07) is 60.7. The van der Waals surface area contributed by atoms with Gasteiger partial charge in [0.25, 0.3) is 0 Å². The second-order valence-electron chi connectivity index (χ2n) is 11.8. The van der Waals surface area contributed by atoms with E-state index < -0.39 is 0 Å². The molecule has 1 unspecified atom stereocenters. The Morgan fingerprint density at radius 2 is 1.10 bits per heavy atom. The second kappa shape index (κ2) is 12.7. The number of aliphatic imine (C=N–C) groups is 2. The van der Waals surface area contributed by atoms with E-state index in [9.17, 15) is 5.26 Å². The summed E-state index contributed by atoms with van der Waals surface area (Å²) in [4.78, 5) is 9.97. The smallest absolute Gasteiger partial charge is 0.159 e. The summed E-state index contributed by atoms with van der Waals surface area (Å²) in [6.07, 6.45) is -0.228. The van der Waals surface area contributed by atoms with Gasteiger partial charge >= 0.3 is 0 Å². The predicted octanol–water partition coefficient (Wildman–Crippen LogP) is 10.2. The lowest BCUT2D eigenvalue weighted by molar-refractivity contribution is 0.674. The number of nitrogens with zero attached hydrogens (tertiary/aromatic N) is 3. The molecule has 0 radical (unpaired) electrons. The topological polar surface area (TPSA) is 60.5 Å². The monoisotopic (exact) mass is 614 g/mol. The van der Waals surface area contributed by atoms with Crippen molar-refractivity contribution in [3.05, 3.63) is 192 Å². The number of hydrogen-bond acceptors (Lipinski definition) is 4. The van der Waals surface area contributed by atoms with Crippen LogP contribution in [0.3, 0.4) is 0 Å². The normalized spacial score (nSPS) is 14.0. The lowest BCUT2D eigenvalue weighted by Crippen LogP contribution is -2.33. The highest BCUT2D eigenvalue weighted by molar-refractivity contribution is 6.13. The Kier molecular flexibility index (Phi) is 7.62. The highest BCUT2D eigenvalue weighted by Crippen LogP contribution is 2.33. The molecule has 0 saturated heterocycles. The first-order valence-corrected chi connectivity index (χ1v) is 16.0. The Morgan fingerprint density at radius 1 is 0.500 bits per heavy atom. The third-order valence-electron chi connectivity index (χ3n) is 8.78. The van der Waals surface area contributed by atoms with Gasteiger partial charge in [0.15, 0.2) is 5.84 Å². The molecule has 1 atom stereocenters. The summed E-state index contributed by atoms with van der Waals surface area (Å²) >= 11 is 0. The van der Waals surface area contributed by atoms with Crippen molar-refractivity contribution >= 4 is 22.4 Å². The molecule has 7 aromatic rings. The van der Waals surface area contributed by atoms with Gasteiger partial charge < -0.3 is 5.32 Å². The molecule has 0 fully saturated rings. The van der Waals surface area contributed by atoms with Crippen LogP contribution in [-0.4, -0.2) is 11.7 Å². The van der Waals surface area contributed by atoms with E-state index in [4.69, 9.17) is 9.98 Å². The average molecular weight is 615 g/mol. The third kappa shape index (κ3) is 5.77. The van der Waals surface area contributed by atoms with Crippen LogP contribution in [0.25, 0.3) is 44.2 Å². The summed E-state index contributed by atoms with van der Waals surface area (Å²) in [5.74, 6) is 1.52. The molecule has 7 aromatic carbocycles. The Labute approximate surface area is 280 Å². The standard InChI is InChI=1S/C44H30N4/c45-29-30-9-7-14-37(27-30)31-17-21-33(22-18-31)40-16-8-15-39-28-38(25-26-41(39)40)32-19-23-36(24-20-32)44-47-42(34-10-3-1-4-11-34)46-43(48-44)35-12-5-2-6-13-35/h1-28,42H,(H,46,47,48). The molecule has 1 aliphatic heterocycles. The van der Waals surface area contributed by atoms with Crippen molar-refractivity contribution < 1.29 is 0 Å². The molecule has 1 heterocycles. The fraction of sp³-hybridized carbons (Fsp3) is 0.0227. The number of fused-ring (bicyclic) bond motifs is 1. The summed E-state index contributed by atoms with van der Waals surface area (Å²) in [6.45, 7) is 0. The van der Waals surface area contributed by atoms with E-state index in [1.165, 1.54) is 16.3 Å². The number of nitrogens with one attached hydrogen (secondary N) is 1. The maximum Gasteiger partial charge on any atom is 0.159 e. The van der Waals surface area contributed by atoms with Gasteiger partial charge in [-0.2, -0.15) is 5.26 Å². The Balaban J connectivity index is 1.08. The Bertz CT molecular complexity index is 2350. The number of nitriles is 1. The lowest BCUT2D eigenvalue weighted by Gasteiger charge is -2.23. The molecule has 0 bridgehead atoms. The molecule has 8 rings (SSSR count). The summed E-state index contributed by atoms with van der Waals surface area (Å²) in [7, 11) is 0. The number of hydrogen-bond donors (Lipinski definition) is 1. The maximum absolute atomic E-state index is 9.29. The molecule has 48 heavy (non-hydrogen) atoms. The van der Waals surface area contributed by atoms with Gasteiger partial charge in [-0.05, 0) is 67.9 Å². The third-order valence-corrected chi connectivity index (χ3v) is 8.78. The fourth-order valence-corrected chi connectivity index (χ4v) is 6.26. The first-order valence-electron chi connectivity index (χ1n) is 16.0. The van der Waals surface area contributed by atoms with Gasteiger partial charge in [-0.3, -0.25) is 0 Å². The van der Waals surface area contributed by atoms with E-state index in [0.717, 1.165) is 50.3 Å². The zero-order valence-electron chi connectivity index (χ0n) is 26.1. The van der Waals surface area contributed by atoms with Gasteiger partial charge in [0.1, 0.15) is 12.0 Å². The number of benzene rings is 7. The first-order chi connectivity index (χ1) is 23.7. The summed E-state index contributed by atoms with van der Waals surface area (Å²) < 4.78 is 0. The first kappa shape index (κ1) is 28.9. The largest absolute Gasteiger partial charge is 0.344 e. The van der Waals surface area contributed by atoms with Gasteiger partial charge in [-0.25, -0.2) is 9.98 Å². The van der Waals surface area contributed by atoms with Crippen molar-refractivity contribution in [3.63, 3.8) is 0 Å². The second-order valence-corrected chi connectivity index (χ2v) is 11.8. The average Bonchev–Trinajstić information content (AvgIpc) is 3.18. The van der Waals surface area contributed by atoms with Gasteiger partial charge in [-0.1, -0.05) is 152 Å². The van der Waals surface area contributed by atoms with Gasteiger partial charge in [-0.15, -0.1) is 0 Å². The van der Waals surface area contributed by atoms with Gasteiger partial charge in [0, 0.05) is 11.1 Å². The maximum atomic E-state index is 9.29. The zero-order chi connectivity index (χ0) is 32.3. The molecule has 226 valence electrons. The number of rotatable bonds is 6. The summed E-state index contributed by atoms with van der Waals surface area (Å²) in [5.41, 5.74) is 10.5. The minimum Gasteiger partial charge on any atom is -0.344 e. The van der Waals surface area contributed by atoms with Crippen molar-refractivity contribution in [2.75, 3.05) is 0 Å². The lowest BCUT2D eigenvalue weighted by atomic mass is 9.94. The Hall–Kier alpha value is -6.57. The van der Waals surface area contributed by atoms with E-state index in [2.05, 4.69) is 121 Å². The molecule has 4 heteroatoms. The van der Waals surface area contributed by atoms with Gasteiger partial charge in [0.05, 0.1) is 11.6 Å². The van der Waals surface area contributed by atoms with Gasteiger partial charge in [0.2, 0.25) is 0 Å². The predicted molar refractivity (Wildman–Crippen MR) is 197 cm³/mol. The van der Waals surface area contributed by atoms with E-state index >= 15 is 0 Å².